The third-order valence-electron chi connectivity index (χ3n) is 9.37. The summed E-state index contributed by atoms with van der Waals surface area (Å²) in [6.07, 6.45) is 0. The number of rotatable bonds is 6. The molecule has 2 heteroatoms. The molecule has 8 aromatic carbocycles. The highest BCUT2D eigenvalue weighted by molar-refractivity contribution is 6.18. The van der Waals surface area contributed by atoms with Crippen LogP contribution in [0.25, 0.3) is 60.5 Å². The Morgan fingerprint density at radius 2 is 0.958 bits per heavy atom. The summed E-state index contributed by atoms with van der Waals surface area (Å²) in [6.45, 7) is 0. The maximum Gasteiger partial charge on any atom is 0.0618 e. The Morgan fingerprint density at radius 3 is 1.71 bits per heavy atom. The molecule has 1 aromatic heterocycles. The van der Waals surface area contributed by atoms with Crippen molar-refractivity contribution < 1.29 is 0 Å². The average molecular weight is 613 g/mol. The quantitative estimate of drug-likeness (QED) is 0.181. The van der Waals surface area contributed by atoms with Crippen molar-refractivity contribution in [3.8, 4) is 27.9 Å². The van der Waals surface area contributed by atoms with E-state index in [1.54, 1.807) is 0 Å². The van der Waals surface area contributed by atoms with Crippen LogP contribution in [0.4, 0.5) is 17.1 Å². The van der Waals surface area contributed by atoms with Crippen LogP contribution >= 0.6 is 0 Å². The maximum atomic E-state index is 2.49. The van der Waals surface area contributed by atoms with Gasteiger partial charge in [0.2, 0.25) is 0 Å². The summed E-state index contributed by atoms with van der Waals surface area (Å²) in [6, 6.07) is 69.9. The Kier molecular flexibility index (Phi) is 6.84. The molecule has 0 N–H and O–H groups in total. The van der Waals surface area contributed by atoms with Crippen molar-refractivity contribution in [1.29, 1.82) is 0 Å². The van der Waals surface area contributed by atoms with Crippen molar-refractivity contribution in [1.82, 2.24) is 4.57 Å². The third kappa shape index (κ3) is 4.66. The van der Waals surface area contributed by atoms with Crippen molar-refractivity contribution in [3.63, 3.8) is 0 Å². The topological polar surface area (TPSA) is 8.17 Å². The van der Waals surface area contributed by atoms with Crippen molar-refractivity contribution in [3.05, 3.63) is 194 Å². The highest BCUT2D eigenvalue weighted by atomic mass is 15.2. The van der Waals surface area contributed by atoms with E-state index in [1.807, 2.05) is 0 Å². The second-order valence-electron chi connectivity index (χ2n) is 12.2. The van der Waals surface area contributed by atoms with Crippen LogP contribution in [0, 0.1) is 0 Å². The molecule has 9 rings (SSSR count). The Balaban J connectivity index is 1.39. The summed E-state index contributed by atoms with van der Waals surface area (Å²) in [5.74, 6) is 0. The van der Waals surface area contributed by atoms with E-state index in [2.05, 4.69) is 204 Å². The van der Waals surface area contributed by atoms with Crippen LogP contribution in [-0.4, -0.2) is 4.57 Å². The lowest BCUT2D eigenvalue weighted by atomic mass is 9.96. The van der Waals surface area contributed by atoms with Crippen molar-refractivity contribution in [2.24, 2.45) is 0 Å². The van der Waals surface area contributed by atoms with E-state index in [-0.39, 0.29) is 0 Å². The summed E-state index contributed by atoms with van der Waals surface area (Å²) >= 11 is 0. The first-order valence-corrected chi connectivity index (χ1v) is 16.5. The first-order chi connectivity index (χ1) is 23.8. The number of hydrogen-bond acceptors (Lipinski definition) is 1. The molecule has 0 saturated heterocycles. The van der Waals surface area contributed by atoms with Gasteiger partial charge in [-0.1, -0.05) is 152 Å². The zero-order valence-corrected chi connectivity index (χ0v) is 26.4. The Bertz CT molecular complexity index is 2530. The number of para-hydroxylation sites is 2. The molecular formula is C46H32N2. The molecule has 0 spiro atoms. The smallest absolute Gasteiger partial charge is 0.0618 e. The molecule has 0 atom stereocenters. The van der Waals surface area contributed by atoms with Gasteiger partial charge in [-0.3, -0.25) is 0 Å². The molecule has 0 fully saturated rings. The molecule has 0 saturated carbocycles. The maximum absolute atomic E-state index is 2.49. The predicted molar refractivity (Wildman–Crippen MR) is 204 cm³/mol. The van der Waals surface area contributed by atoms with Gasteiger partial charge in [0.1, 0.15) is 0 Å². The van der Waals surface area contributed by atoms with Crippen LogP contribution in [0.15, 0.2) is 194 Å². The molecule has 226 valence electrons. The standard InChI is InChI=1S/C46H32N2/c1-4-15-33(16-5-1)34-27-30-38(31-28-34)48(46-39-22-11-10-19-36(39)29-32-40(46)35-17-6-2-7-18-35)44-26-14-25-43-45(44)41-23-12-13-24-42(41)47(43)37-20-8-3-9-21-37/h1-32H. The van der Waals surface area contributed by atoms with E-state index in [1.165, 1.54) is 54.8 Å². The van der Waals surface area contributed by atoms with Crippen LogP contribution in [0.1, 0.15) is 0 Å². The SMILES string of the molecule is c1ccc(-c2ccc(N(c3c(-c4ccccc4)ccc4ccccc34)c3cccc4c3c3ccccc3n4-c3ccccc3)cc2)cc1. The lowest BCUT2D eigenvalue weighted by Crippen LogP contribution is -2.12. The number of hydrogen-bond donors (Lipinski definition) is 0. The molecule has 0 aliphatic rings. The van der Waals surface area contributed by atoms with Gasteiger partial charge in [0, 0.05) is 33.1 Å². The lowest BCUT2D eigenvalue weighted by Gasteiger charge is -2.30. The van der Waals surface area contributed by atoms with Crippen molar-refractivity contribution in [2.75, 3.05) is 4.90 Å². The average Bonchev–Trinajstić information content (AvgIpc) is 3.51. The fourth-order valence-electron chi connectivity index (χ4n) is 7.21. The molecular weight excluding hydrogens is 581 g/mol. The molecule has 0 unspecified atom stereocenters. The second kappa shape index (κ2) is 11.8. The van der Waals surface area contributed by atoms with Crippen LogP contribution in [0.3, 0.4) is 0 Å². The largest absolute Gasteiger partial charge is 0.309 e. The fraction of sp³-hybridized carbons (Fsp3) is 0. The zero-order valence-electron chi connectivity index (χ0n) is 26.4. The number of anilines is 3. The van der Waals surface area contributed by atoms with Crippen molar-refractivity contribution in [2.45, 2.75) is 0 Å². The molecule has 0 aliphatic carbocycles. The van der Waals surface area contributed by atoms with Gasteiger partial charge in [-0.05, 0) is 64.5 Å². The Hall–Kier alpha value is -6.38. The summed E-state index contributed by atoms with van der Waals surface area (Å²) in [4.78, 5) is 2.49. The van der Waals surface area contributed by atoms with Crippen LogP contribution in [0.5, 0.6) is 0 Å². The number of benzene rings is 8. The highest BCUT2D eigenvalue weighted by Gasteiger charge is 2.24. The van der Waals surface area contributed by atoms with Gasteiger partial charge >= 0.3 is 0 Å². The minimum atomic E-state index is 1.10. The van der Waals surface area contributed by atoms with Gasteiger partial charge < -0.3 is 9.47 Å². The second-order valence-corrected chi connectivity index (χ2v) is 12.2. The molecule has 2 nitrogen and oxygen atoms in total. The minimum Gasteiger partial charge on any atom is -0.309 e. The summed E-state index contributed by atoms with van der Waals surface area (Å²) in [7, 11) is 0. The van der Waals surface area contributed by atoms with E-state index < -0.39 is 0 Å². The molecule has 9 aromatic rings. The van der Waals surface area contributed by atoms with Crippen LogP contribution in [0.2, 0.25) is 0 Å². The molecule has 0 radical (unpaired) electrons. The summed E-state index contributed by atoms with van der Waals surface area (Å²) in [5, 5.41) is 4.85. The normalized spacial score (nSPS) is 11.3. The van der Waals surface area contributed by atoms with Crippen LogP contribution in [-0.2, 0) is 0 Å². The van der Waals surface area contributed by atoms with E-state index in [9.17, 15) is 0 Å². The summed E-state index contributed by atoms with van der Waals surface area (Å²) in [5.41, 5.74) is 11.7. The number of nitrogens with zero attached hydrogens (tertiary/aromatic N) is 2. The summed E-state index contributed by atoms with van der Waals surface area (Å²) < 4.78 is 2.39. The van der Waals surface area contributed by atoms with Crippen molar-refractivity contribution >= 4 is 49.6 Å². The van der Waals surface area contributed by atoms with Crippen LogP contribution < -0.4 is 4.90 Å². The van der Waals surface area contributed by atoms with Gasteiger partial charge in [-0.15, -0.1) is 0 Å². The van der Waals surface area contributed by atoms with E-state index in [4.69, 9.17) is 0 Å². The lowest BCUT2D eigenvalue weighted by molar-refractivity contribution is 1.18. The van der Waals surface area contributed by atoms with Gasteiger partial charge in [0.15, 0.2) is 0 Å². The molecule has 0 aliphatic heterocycles. The van der Waals surface area contributed by atoms with Gasteiger partial charge in [-0.25, -0.2) is 0 Å². The minimum absolute atomic E-state index is 1.10. The number of fused-ring (bicyclic) bond motifs is 4. The molecule has 0 amide bonds. The van der Waals surface area contributed by atoms with Gasteiger partial charge in [0.25, 0.3) is 0 Å². The van der Waals surface area contributed by atoms with Gasteiger partial charge in [-0.2, -0.15) is 0 Å². The highest BCUT2D eigenvalue weighted by Crippen LogP contribution is 2.49. The first-order valence-electron chi connectivity index (χ1n) is 16.5. The van der Waals surface area contributed by atoms with E-state index >= 15 is 0 Å². The monoisotopic (exact) mass is 612 g/mol. The van der Waals surface area contributed by atoms with E-state index in [0.717, 1.165) is 22.7 Å². The Morgan fingerprint density at radius 1 is 0.375 bits per heavy atom. The number of aromatic nitrogens is 1. The molecule has 1 heterocycles. The van der Waals surface area contributed by atoms with E-state index in [0.29, 0.717) is 0 Å². The molecule has 0 bridgehead atoms. The first kappa shape index (κ1) is 27.9. The zero-order chi connectivity index (χ0) is 31.9. The third-order valence-corrected chi connectivity index (χ3v) is 9.37. The van der Waals surface area contributed by atoms with Gasteiger partial charge in [0.05, 0.1) is 22.4 Å². The molecule has 48 heavy (non-hydrogen) atoms. The predicted octanol–water partition coefficient (Wildman–Crippen LogP) is 12.7. The Labute approximate surface area is 280 Å². The fourth-order valence-corrected chi connectivity index (χ4v) is 7.21.